The van der Waals surface area contributed by atoms with Crippen LogP contribution < -0.4 is 0 Å². The zero-order chi connectivity index (χ0) is 15.6. The van der Waals surface area contributed by atoms with Gasteiger partial charge in [-0.2, -0.15) is 5.10 Å². The smallest absolute Gasteiger partial charge is 0.0956 e. The molecule has 1 unspecified atom stereocenters. The number of imidazole rings is 1. The first kappa shape index (κ1) is 13.1. The van der Waals surface area contributed by atoms with Gasteiger partial charge in [0.15, 0.2) is 0 Å². The maximum atomic E-state index is 11.0. The molecule has 1 aliphatic carbocycles. The van der Waals surface area contributed by atoms with E-state index >= 15 is 0 Å². The van der Waals surface area contributed by atoms with E-state index in [0.29, 0.717) is 0 Å². The molecular formula is C18H18N4O. The summed E-state index contributed by atoms with van der Waals surface area (Å²) < 4.78 is 4.11. The fraction of sp³-hybridized carbons (Fsp3) is 0.333. The summed E-state index contributed by atoms with van der Waals surface area (Å²) in [4.78, 5) is 4.33. The van der Waals surface area contributed by atoms with Crippen molar-refractivity contribution in [1.29, 1.82) is 0 Å². The highest BCUT2D eigenvalue weighted by molar-refractivity contribution is 5.69. The molecule has 5 heteroatoms. The van der Waals surface area contributed by atoms with Crippen molar-refractivity contribution in [2.75, 3.05) is 0 Å². The Morgan fingerprint density at radius 2 is 2.04 bits per heavy atom. The van der Waals surface area contributed by atoms with Crippen molar-refractivity contribution in [3.05, 3.63) is 59.8 Å². The standard InChI is InChI=1S/C18H18N4O/c1-21-15-7-6-13(18(23)14(15)8-20-21)17-12-5-3-2-4-11(12)16-9-19-10-22(16)17/h2-5,8-10,13,17-18,23H,6-7H2,1H3/t13?,17-,18-/m1/s1. The summed E-state index contributed by atoms with van der Waals surface area (Å²) in [6.45, 7) is 0. The number of aliphatic hydroxyl groups is 1. The van der Waals surface area contributed by atoms with E-state index in [9.17, 15) is 5.11 Å². The number of rotatable bonds is 1. The highest BCUT2D eigenvalue weighted by atomic mass is 16.3. The molecule has 0 radical (unpaired) electrons. The molecule has 116 valence electrons. The summed E-state index contributed by atoms with van der Waals surface area (Å²) in [6, 6.07) is 8.62. The predicted molar refractivity (Wildman–Crippen MR) is 85.8 cm³/mol. The second kappa shape index (κ2) is 4.55. The zero-order valence-corrected chi connectivity index (χ0v) is 12.9. The minimum absolute atomic E-state index is 0.142. The lowest BCUT2D eigenvalue weighted by Gasteiger charge is -2.33. The Morgan fingerprint density at radius 1 is 1.17 bits per heavy atom. The third-order valence-electron chi connectivity index (χ3n) is 5.46. The largest absolute Gasteiger partial charge is 0.388 e. The molecule has 1 aliphatic heterocycles. The van der Waals surface area contributed by atoms with Gasteiger partial charge in [-0.15, -0.1) is 0 Å². The van der Waals surface area contributed by atoms with Crippen LogP contribution in [-0.2, 0) is 13.5 Å². The molecular weight excluding hydrogens is 288 g/mol. The van der Waals surface area contributed by atoms with Gasteiger partial charge in [0.1, 0.15) is 0 Å². The molecule has 0 fully saturated rings. The van der Waals surface area contributed by atoms with E-state index in [1.165, 1.54) is 11.1 Å². The van der Waals surface area contributed by atoms with Crippen molar-refractivity contribution >= 4 is 0 Å². The lowest BCUT2D eigenvalue weighted by Crippen LogP contribution is -2.28. The third-order valence-corrected chi connectivity index (χ3v) is 5.46. The van der Waals surface area contributed by atoms with Gasteiger partial charge in [0.2, 0.25) is 0 Å². The SMILES string of the molecule is Cn1ncc2c1CCC([C@H]1c3ccccc3-c3cncn31)[C@H]2O. The topological polar surface area (TPSA) is 55.9 Å². The fourth-order valence-electron chi connectivity index (χ4n) is 4.37. The van der Waals surface area contributed by atoms with Crippen LogP contribution in [0.15, 0.2) is 43.0 Å². The molecule has 0 saturated carbocycles. The molecule has 3 heterocycles. The van der Waals surface area contributed by atoms with Crippen molar-refractivity contribution in [3.63, 3.8) is 0 Å². The normalized spacial score (nSPS) is 25.0. The van der Waals surface area contributed by atoms with Gasteiger partial charge in [0.25, 0.3) is 0 Å². The van der Waals surface area contributed by atoms with Crippen LogP contribution in [0.25, 0.3) is 11.3 Å². The van der Waals surface area contributed by atoms with Gasteiger partial charge in [-0.1, -0.05) is 24.3 Å². The van der Waals surface area contributed by atoms with Crippen LogP contribution in [0, 0.1) is 5.92 Å². The van der Waals surface area contributed by atoms with E-state index < -0.39 is 6.10 Å². The number of hydrogen-bond donors (Lipinski definition) is 1. The molecule has 0 saturated heterocycles. The average Bonchev–Trinajstić information content (AvgIpc) is 3.24. The molecule has 2 aliphatic rings. The lowest BCUT2D eigenvalue weighted by atomic mass is 9.78. The van der Waals surface area contributed by atoms with Crippen LogP contribution in [0.2, 0.25) is 0 Å². The maximum Gasteiger partial charge on any atom is 0.0956 e. The van der Waals surface area contributed by atoms with Gasteiger partial charge in [0.05, 0.1) is 36.6 Å². The molecule has 0 spiro atoms. The number of nitrogens with zero attached hydrogens (tertiary/aromatic N) is 4. The molecule has 2 aromatic heterocycles. The van der Waals surface area contributed by atoms with Crippen molar-refractivity contribution in [2.45, 2.75) is 25.0 Å². The number of aromatic nitrogens is 4. The van der Waals surface area contributed by atoms with E-state index in [4.69, 9.17) is 0 Å². The first-order valence-electron chi connectivity index (χ1n) is 8.05. The minimum atomic E-state index is -0.487. The Bertz CT molecular complexity index is 894. The number of fused-ring (bicyclic) bond motifs is 4. The van der Waals surface area contributed by atoms with Crippen LogP contribution in [0.3, 0.4) is 0 Å². The predicted octanol–water partition coefficient (Wildman–Crippen LogP) is 2.48. The van der Waals surface area contributed by atoms with E-state index in [1.807, 2.05) is 30.5 Å². The Kier molecular flexibility index (Phi) is 2.59. The van der Waals surface area contributed by atoms with Crippen LogP contribution >= 0.6 is 0 Å². The summed E-state index contributed by atoms with van der Waals surface area (Å²) >= 11 is 0. The van der Waals surface area contributed by atoms with Crippen LogP contribution in [0.4, 0.5) is 0 Å². The number of aliphatic hydroxyl groups excluding tert-OH is 1. The van der Waals surface area contributed by atoms with Gasteiger partial charge in [-0.05, 0) is 18.4 Å². The summed E-state index contributed by atoms with van der Waals surface area (Å²) in [7, 11) is 1.95. The molecule has 3 aromatic rings. The zero-order valence-electron chi connectivity index (χ0n) is 12.9. The number of aryl methyl sites for hydroxylation is 1. The van der Waals surface area contributed by atoms with E-state index in [0.717, 1.165) is 29.8 Å². The minimum Gasteiger partial charge on any atom is -0.388 e. The molecule has 5 rings (SSSR count). The Balaban J connectivity index is 1.63. The Labute approximate surface area is 134 Å². The van der Waals surface area contributed by atoms with Crippen LogP contribution in [0.1, 0.15) is 35.4 Å². The molecule has 1 aromatic carbocycles. The number of hydrogen-bond acceptors (Lipinski definition) is 3. The average molecular weight is 306 g/mol. The van der Waals surface area contributed by atoms with E-state index in [2.05, 4.69) is 38.9 Å². The number of benzene rings is 1. The highest BCUT2D eigenvalue weighted by Gasteiger charge is 2.41. The van der Waals surface area contributed by atoms with Crippen molar-refractivity contribution in [1.82, 2.24) is 19.3 Å². The summed E-state index contributed by atoms with van der Waals surface area (Å²) in [5.41, 5.74) is 5.82. The maximum absolute atomic E-state index is 11.0. The molecule has 0 amide bonds. The van der Waals surface area contributed by atoms with Gasteiger partial charge in [-0.25, -0.2) is 4.98 Å². The van der Waals surface area contributed by atoms with Crippen molar-refractivity contribution in [3.8, 4) is 11.3 Å². The van der Waals surface area contributed by atoms with E-state index in [-0.39, 0.29) is 12.0 Å². The molecule has 5 nitrogen and oxygen atoms in total. The molecule has 1 N–H and O–H groups in total. The Hall–Kier alpha value is -2.40. The van der Waals surface area contributed by atoms with Crippen molar-refractivity contribution < 1.29 is 5.11 Å². The summed E-state index contributed by atoms with van der Waals surface area (Å²) in [5.74, 6) is 0.142. The highest BCUT2D eigenvalue weighted by Crippen LogP contribution is 2.49. The Morgan fingerprint density at radius 3 is 2.96 bits per heavy atom. The van der Waals surface area contributed by atoms with Gasteiger partial charge in [-0.3, -0.25) is 4.68 Å². The monoisotopic (exact) mass is 306 g/mol. The van der Waals surface area contributed by atoms with Crippen LogP contribution in [-0.4, -0.2) is 24.4 Å². The van der Waals surface area contributed by atoms with Gasteiger partial charge in [0, 0.05) is 29.8 Å². The lowest BCUT2D eigenvalue weighted by molar-refractivity contribution is 0.0713. The first-order chi connectivity index (χ1) is 11.3. The van der Waals surface area contributed by atoms with Gasteiger partial charge < -0.3 is 9.67 Å². The summed E-state index contributed by atoms with van der Waals surface area (Å²) in [6.07, 6.45) is 7.05. The molecule has 23 heavy (non-hydrogen) atoms. The molecule has 3 atom stereocenters. The van der Waals surface area contributed by atoms with Crippen LogP contribution in [0.5, 0.6) is 0 Å². The molecule has 0 bridgehead atoms. The quantitative estimate of drug-likeness (QED) is 0.751. The second-order valence-corrected chi connectivity index (χ2v) is 6.54. The second-order valence-electron chi connectivity index (χ2n) is 6.54. The summed E-state index contributed by atoms with van der Waals surface area (Å²) in [5, 5.41) is 15.3. The van der Waals surface area contributed by atoms with Crippen molar-refractivity contribution in [2.24, 2.45) is 13.0 Å². The van der Waals surface area contributed by atoms with Gasteiger partial charge >= 0.3 is 0 Å². The first-order valence-corrected chi connectivity index (χ1v) is 8.05. The third kappa shape index (κ3) is 1.65. The fourth-order valence-corrected chi connectivity index (χ4v) is 4.37. The van der Waals surface area contributed by atoms with E-state index in [1.54, 1.807) is 0 Å².